The zero-order valence-corrected chi connectivity index (χ0v) is 12.1. The van der Waals surface area contributed by atoms with Gasteiger partial charge < -0.3 is 9.72 Å². The first-order valence-electron chi connectivity index (χ1n) is 6.84. The lowest BCUT2D eigenvalue weighted by Crippen LogP contribution is -2.17. The fourth-order valence-electron chi connectivity index (χ4n) is 2.41. The molecule has 0 aliphatic carbocycles. The number of hydrogen-bond donors (Lipinski definition) is 1. The Morgan fingerprint density at radius 1 is 1.39 bits per heavy atom. The third-order valence-electron chi connectivity index (χ3n) is 3.46. The van der Waals surface area contributed by atoms with E-state index in [1.165, 1.54) is 6.08 Å². The summed E-state index contributed by atoms with van der Waals surface area (Å²) in [6.07, 6.45) is -1.09. The monoisotopic (exact) mass is 326 g/mol. The minimum atomic E-state index is -4.67. The van der Waals surface area contributed by atoms with Gasteiger partial charge in [0.1, 0.15) is 5.82 Å². The van der Waals surface area contributed by atoms with Gasteiger partial charge in [-0.05, 0) is 12.2 Å². The van der Waals surface area contributed by atoms with Crippen molar-refractivity contribution < 1.29 is 17.9 Å². The summed E-state index contributed by atoms with van der Waals surface area (Å²) in [5.74, 6) is -0.170. The summed E-state index contributed by atoms with van der Waals surface area (Å²) in [7, 11) is 1.74. The van der Waals surface area contributed by atoms with Crippen molar-refractivity contribution >= 4 is 12.2 Å². The van der Waals surface area contributed by atoms with Crippen LogP contribution in [0.15, 0.2) is 10.9 Å². The average Bonchev–Trinajstić information content (AvgIpc) is 2.79. The smallest absolute Gasteiger partial charge is 0.376 e. The molecule has 0 spiro atoms. The van der Waals surface area contributed by atoms with Crippen LogP contribution >= 0.6 is 0 Å². The van der Waals surface area contributed by atoms with Crippen LogP contribution in [0.3, 0.4) is 0 Å². The van der Waals surface area contributed by atoms with Crippen molar-refractivity contribution in [1.29, 1.82) is 0 Å². The number of rotatable bonds is 2. The number of aromatic amines is 1. The van der Waals surface area contributed by atoms with Gasteiger partial charge in [0, 0.05) is 25.1 Å². The average molecular weight is 326 g/mol. The van der Waals surface area contributed by atoms with Crippen LogP contribution in [0.5, 0.6) is 0 Å². The number of alkyl halides is 3. The molecule has 23 heavy (non-hydrogen) atoms. The zero-order valence-electron chi connectivity index (χ0n) is 12.1. The molecule has 1 aliphatic heterocycles. The van der Waals surface area contributed by atoms with E-state index in [1.807, 2.05) is 0 Å². The summed E-state index contributed by atoms with van der Waals surface area (Å²) < 4.78 is 45.0. The van der Waals surface area contributed by atoms with Gasteiger partial charge in [-0.15, -0.1) is 0 Å². The first kappa shape index (κ1) is 15.5. The summed E-state index contributed by atoms with van der Waals surface area (Å²) in [6, 6.07) is 0.428. The van der Waals surface area contributed by atoms with Gasteiger partial charge in [0.2, 0.25) is 0 Å². The second kappa shape index (κ2) is 5.65. The first-order chi connectivity index (χ1) is 10.8. The maximum atomic E-state index is 12.7. The second-order valence-corrected chi connectivity index (χ2v) is 5.08. The van der Waals surface area contributed by atoms with Crippen molar-refractivity contribution in [2.45, 2.75) is 19.2 Å². The van der Waals surface area contributed by atoms with E-state index in [4.69, 9.17) is 4.74 Å². The minimum Gasteiger partial charge on any atom is -0.376 e. The van der Waals surface area contributed by atoms with Gasteiger partial charge in [-0.2, -0.15) is 18.3 Å². The summed E-state index contributed by atoms with van der Waals surface area (Å²) >= 11 is 0. The third-order valence-corrected chi connectivity index (χ3v) is 3.46. The molecule has 0 bridgehead atoms. The molecule has 2 aromatic rings. The maximum absolute atomic E-state index is 12.7. The molecule has 3 heterocycles. The molecular weight excluding hydrogens is 313 g/mol. The highest BCUT2D eigenvalue weighted by molar-refractivity contribution is 5.67. The Morgan fingerprint density at radius 3 is 2.91 bits per heavy atom. The Morgan fingerprint density at radius 2 is 2.17 bits per heavy atom. The zero-order chi connectivity index (χ0) is 16.6. The van der Waals surface area contributed by atoms with Gasteiger partial charge in [0.15, 0.2) is 5.69 Å². The molecule has 9 heteroatoms. The number of H-pyrrole nitrogens is 1. The highest BCUT2D eigenvalue weighted by Crippen LogP contribution is 2.26. The predicted molar refractivity (Wildman–Crippen MR) is 75.4 cm³/mol. The fourth-order valence-corrected chi connectivity index (χ4v) is 2.41. The van der Waals surface area contributed by atoms with E-state index in [2.05, 4.69) is 15.1 Å². The SMILES string of the molecule is Cn1nc2c(c1/C=C/c1nc(C(F)(F)F)cc(=O)[nH]1)COCC2. The van der Waals surface area contributed by atoms with Gasteiger partial charge in [-0.3, -0.25) is 9.48 Å². The minimum absolute atomic E-state index is 0.170. The molecule has 0 atom stereocenters. The normalized spacial score (nSPS) is 15.1. The van der Waals surface area contributed by atoms with Crippen LogP contribution in [0.2, 0.25) is 0 Å². The number of aromatic nitrogens is 4. The lowest BCUT2D eigenvalue weighted by molar-refractivity contribution is -0.141. The maximum Gasteiger partial charge on any atom is 0.433 e. The number of aryl methyl sites for hydroxylation is 1. The van der Waals surface area contributed by atoms with Gasteiger partial charge in [-0.25, -0.2) is 4.98 Å². The molecule has 0 unspecified atom stereocenters. The van der Waals surface area contributed by atoms with E-state index in [0.717, 1.165) is 11.3 Å². The van der Waals surface area contributed by atoms with E-state index in [9.17, 15) is 18.0 Å². The third kappa shape index (κ3) is 3.19. The number of nitrogens with one attached hydrogen (secondary N) is 1. The number of nitrogens with zero attached hydrogens (tertiary/aromatic N) is 3. The van der Waals surface area contributed by atoms with Gasteiger partial charge in [-0.1, -0.05) is 0 Å². The Labute approximate surface area is 128 Å². The molecule has 0 aromatic carbocycles. The molecular formula is C14H13F3N4O2. The first-order valence-corrected chi connectivity index (χ1v) is 6.84. The van der Waals surface area contributed by atoms with Crippen LogP contribution < -0.4 is 5.56 Å². The van der Waals surface area contributed by atoms with Crippen molar-refractivity contribution in [2.75, 3.05) is 6.61 Å². The standard InChI is InChI=1S/C14H13F3N4O2/c1-21-10(8-7-23-5-4-9(8)20-21)2-3-12-18-11(14(15,16)17)6-13(22)19-12/h2-3,6H,4-5,7H2,1H3,(H,18,19,22)/b3-2+. The predicted octanol–water partition coefficient (Wildman–Crippen LogP) is 1.77. The molecule has 1 aliphatic rings. The summed E-state index contributed by atoms with van der Waals surface area (Å²) in [5.41, 5.74) is 0.423. The number of ether oxygens (including phenoxy) is 1. The molecule has 0 amide bonds. The second-order valence-electron chi connectivity index (χ2n) is 5.08. The van der Waals surface area contributed by atoms with Crippen molar-refractivity contribution in [3.63, 3.8) is 0 Å². The van der Waals surface area contributed by atoms with Crippen LogP contribution in [-0.4, -0.2) is 26.4 Å². The Bertz CT molecular complexity index is 820. The van der Waals surface area contributed by atoms with Crippen LogP contribution in [0.4, 0.5) is 13.2 Å². The summed E-state index contributed by atoms with van der Waals surface area (Å²) in [5, 5.41) is 4.35. The molecule has 122 valence electrons. The molecule has 3 rings (SSSR count). The summed E-state index contributed by atoms with van der Waals surface area (Å²) in [4.78, 5) is 17.0. The van der Waals surface area contributed by atoms with E-state index < -0.39 is 17.4 Å². The van der Waals surface area contributed by atoms with E-state index in [-0.39, 0.29) is 5.82 Å². The molecule has 0 saturated heterocycles. The van der Waals surface area contributed by atoms with E-state index in [1.54, 1.807) is 17.8 Å². The Kier molecular flexibility index (Phi) is 3.80. The highest BCUT2D eigenvalue weighted by atomic mass is 19.4. The largest absolute Gasteiger partial charge is 0.433 e. The van der Waals surface area contributed by atoms with Crippen LogP contribution in [0.25, 0.3) is 12.2 Å². The molecule has 2 aromatic heterocycles. The topological polar surface area (TPSA) is 72.8 Å². The van der Waals surface area contributed by atoms with E-state index in [0.29, 0.717) is 31.4 Å². The lowest BCUT2D eigenvalue weighted by Gasteiger charge is -2.10. The lowest BCUT2D eigenvalue weighted by atomic mass is 10.1. The number of fused-ring (bicyclic) bond motifs is 1. The summed E-state index contributed by atoms with van der Waals surface area (Å²) in [6.45, 7) is 0.991. The van der Waals surface area contributed by atoms with E-state index >= 15 is 0 Å². The number of hydrogen-bond acceptors (Lipinski definition) is 4. The fraction of sp³-hybridized carbons (Fsp3) is 0.357. The quantitative estimate of drug-likeness (QED) is 0.913. The molecule has 0 radical (unpaired) electrons. The molecule has 0 fully saturated rings. The van der Waals surface area contributed by atoms with Crippen molar-refractivity contribution in [3.05, 3.63) is 44.9 Å². The Hall–Kier alpha value is -2.42. The van der Waals surface area contributed by atoms with Crippen LogP contribution in [0, 0.1) is 0 Å². The van der Waals surface area contributed by atoms with Gasteiger partial charge in [0.05, 0.1) is 24.6 Å². The van der Waals surface area contributed by atoms with Crippen LogP contribution in [-0.2, 0) is 31.0 Å². The van der Waals surface area contributed by atoms with Gasteiger partial charge >= 0.3 is 6.18 Å². The van der Waals surface area contributed by atoms with Crippen molar-refractivity contribution in [1.82, 2.24) is 19.7 Å². The van der Waals surface area contributed by atoms with Crippen molar-refractivity contribution in [3.8, 4) is 0 Å². The molecule has 6 nitrogen and oxygen atoms in total. The molecule has 1 N–H and O–H groups in total. The van der Waals surface area contributed by atoms with Gasteiger partial charge in [0.25, 0.3) is 5.56 Å². The molecule has 0 saturated carbocycles. The highest BCUT2D eigenvalue weighted by Gasteiger charge is 2.33. The van der Waals surface area contributed by atoms with Crippen molar-refractivity contribution in [2.24, 2.45) is 7.05 Å². The number of halogens is 3. The van der Waals surface area contributed by atoms with Crippen LogP contribution in [0.1, 0.15) is 28.5 Å². The Balaban J connectivity index is 1.97.